The molecule has 0 spiro atoms. The molecule has 1 unspecified atom stereocenters. The van der Waals surface area contributed by atoms with E-state index in [9.17, 15) is 4.79 Å². The number of hydrogen-bond acceptors (Lipinski definition) is 4. The summed E-state index contributed by atoms with van der Waals surface area (Å²) in [7, 11) is 1.63. The third kappa shape index (κ3) is 4.59. The molecule has 0 aromatic heterocycles. The summed E-state index contributed by atoms with van der Waals surface area (Å²) >= 11 is 0. The monoisotopic (exact) mass is 328 g/mol. The second-order valence-electron chi connectivity index (χ2n) is 5.44. The summed E-state index contributed by atoms with van der Waals surface area (Å²) in [6.07, 6.45) is 0.142. The van der Waals surface area contributed by atoms with Crippen LogP contribution in [0.3, 0.4) is 0 Å². The molecule has 1 aliphatic heterocycles. The molecule has 128 valence electrons. The molecule has 3 rings (SSSR count). The van der Waals surface area contributed by atoms with Crippen molar-refractivity contribution in [3.63, 3.8) is 0 Å². The number of rotatable bonds is 3. The molecular formula is C20H24O4. The number of esters is 1. The minimum Gasteiger partial charge on any atom is -0.496 e. The Morgan fingerprint density at radius 2 is 1.92 bits per heavy atom. The quantitative estimate of drug-likeness (QED) is 0.803. The average molecular weight is 328 g/mol. The molecule has 1 heterocycles. The van der Waals surface area contributed by atoms with Gasteiger partial charge in [0.15, 0.2) is 6.10 Å². The van der Waals surface area contributed by atoms with Crippen LogP contribution in [0.4, 0.5) is 0 Å². The second kappa shape index (κ2) is 9.08. The van der Waals surface area contributed by atoms with Gasteiger partial charge >= 0.3 is 5.97 Å². The maximum atomic E-state index is 11.8. The molecular weight excluding hydrogens is 304 g/mol. The zero-order chi connectivity index (χ0) is 17.4. The summed E-state index contributed by atoms with van der Waals surface area (Å²) in [6.45, 7) is 4.74. The fraction of sp³-hybridized carbons (Fsp3) is 0.350. The smallest absolute Gasteiger partial charge is 0.339 e. The van der Waals surface area contributed by atoms with Gasteiger partial charge in [0.25, 0.3) is 0 Å². The van der Waals surface area contributed by atoms with Crippen molar-refractivity contribution in [3.8, 4) is 5.75 Å². The van der Waals surface area contributed by atoms with Crippen molar-refractivity contribution in [1.82, 2.24) is 0 Å². The third-order valence-corrected chi connectivity index (χ3v) is 3.75. The summed E-state index contributed by atoms with van der Waals surface area (Å²) in [5.41, 5.74) is 3.22. The highest BCUT2D eigenvalue weighted by molar-refractivity contribution is 5.77. The number of carbonyl (C=O) groups is 1. The highest BCUT2D eigenvalue weighted by atomic mass is 16.6. The van der Waals surface area contributed by atoms with E-state index >= 15 is 0 Å². The Kier molecular flexibility index (Phi) is 6.82. The Balaban J connectivity index is 0.000000249. The van der Waals surface area contributed by atoms with Crippen LogP contribution in [0, 0.1) is 6.92 Å². The Labute approximate surface area is 143 Å². The van der Waals surface area contributed by atoms with Crippen LogP contribution in [-0.2, 0) is 20.7 Å². The molecule has 0 aliphatic carbocycles. The first kappa shape index (κ1) is 18.0. The maximum absolute atomic E-state index is 11.8. The van der Waals surface area contributed by atoms with Crippen molar-refractivity contribution in [1.29, 1.82) is 0 Å². The van der Waals surface area contributed by atoms with Gasteiger partial charge in [0.1, 0.15) is 5.75 Å². The number of aryl methyl sites for hydroxylation is 1. The summed E-state index contributed by atoms with van der Waals surface area (Å²) < 4.78 is 15.8. The largest absolute Gasteiger partial charge is 0.496 e. The topological polar surface area (TPSA) is 44.8 Å². The highest BCUT2D eigenvalue weighted by Gasteiger charge is 2.30. The Morgan fingerprint density at radius 1 is 1.17 bits per heavy atom. The molecule has 1 aliphatic rings. The fourth-order valence-corrected chi connectivity index (χ4v) is 2.60. The van der Waals surface area contributed by atoms with Crippen molar-refractivity contribution in [2.45, 2.75) is 26.4 Å². The standard InChI is InChI=1S/C13H16O4.C7H8/c1-3-16-13(14)12-10-5-4-6-11(15-2)9(10)7-8-17-12;1-7-5-3-2-4-6-7/h4-6,12H,3,7-8H2,1-2H3;2-6H,1H3. The van der Waals surface area contributed by atoms with Gasteiger partial charge in [-0.2, -0.15) is 0 Å². The lowest BCUT2D eigenvalue weighted by atomic mass is 9.96. The second-order valence-corrected chi connectivity index (χ2v) is 5.44. The van der Waals surface area contributed by atoms with Gasteiger partial charge in [-0.15, -0.1) is 0 Å². The molecule has 24 heavy (non-hydrogen) atoms. The van der Waals surface area contributed by atoms with E-state index < -0.39 is 6.10 Å². The summed E-state index contributed by atoms with van der Waals surface area (Å²) in [5.74, 6) is 0.474. The number of fused-ring (bicyclic) bond motifs is 1. The van der Waals surface area contributed by atoms with Crippen LogP contribution in [0.2, 0.25) is 0 Å². The third-order valence-electron chi connectivity index (χ3n) is 3.75. The van der Waals surface area contributed by atoms with Gasteiger partial charge in [0, 0.05) is 5.56 Å². The van der Waals surface area contributed by atoms with E-state index in [1.54, 1.807) is 14.0 Å². The number of methoxy groups -OCH3 is 1. The van der Waals surface area contributed by atoms with E-state index in [4.69, 9.17) is 14.2 Å². The maximum Gasteiger partial charge on any atom is 0.339 e. The van der Waals surface area contributed by atoms with Crippen LogP contribution in [0.15, 0.2) is 48.5 Å². The van der Waals surface area contributed by atoms with E-state index in [0.717, 1.165) is 23.3 Å². The lowest BCUT2D eigenvalue weighted by Crippen LogP contribution is -2.25. The van der Waals surface area contributed by atoms with Gasteiger partial charge in [0.2, 0.25) is 0 Å². The van der Waals surface area contributed by atoms with Gasteiger partial charge in [-0.1, -0.05) is 48.0 Å². The molecule has 0 N–H and O–H groups in total. The van der Waals surface area contributed by atoms with Crippen LogP contribution < -0.4 is 4.74 Å². The van der Waals surface area contributed by atoms with Gasteiger partial charge in [0.05, 0.1) is 20.3 Å². The Bertz CT molecular complexity index is 652. The zero-order valence-electron chi connectivity index (χ0n) is 14.5. The van der Waals surface area contributed by atoms with E-state index in [1.807, 2.05) is 36.4 Å². The van der Waals surface area contributed by atoms with Crippen molar-refractivity contribution >= 4 is 5.97 Å². The lowest BCUT2D eigenvalue weighted by molar-refractivity contribution is -0.158. The summed E-state index contributed by atoms with van der Waals surface area (Å²) in [4.78, 5) is 11.8. The number of ether oxygens (including phenoxy) is 3. The van der Waals surface area contributed by atoms with E-state index in [-0.39, 0.29) is 5.97 Å². The van der Waals surface area contributed by atoms with Crippen molar-refractivity contribution in [2.24, 2.45) is 0 Å². The summed E-state index contributed by atoms with van der Waals surface area (Å²) in [5, 5.41) is 0. The first-order valence-electron chi connectivity index (χ1n) is 8.13. The van der Waals surface area contributed by atoms with Crippen molar-refractivity contribution < 1.29 is 19.0 Å². The molecule has 0 radical (unpaired) electrons. The molecule has 0 saturated heterocycles. The Morgan fingerprint density at radius 3 is 2.50 bits per heavy atom. The van der Waals surface area contributed by atoms with Crippen LogP contribution in [0.1, 0.15) is 29.7 Å². The molecule has 4 heteroatoms. The Hall–Kier alpha value is -2.33. The minimum atomic E-state index is -0.617. The minimum absolute atomic E-state index is 0.332. The molecule has 2 aromatic rings. The van der Waals surface area contributed by atoms with Crippen molar-refractivity contribution in [3.05, 3.63) is 65.2 Å². The first-order valence-corrected chi connectivity index (χ1v) is 8.13. The van der Waals surface area contributed by atoms with Crippen LogP contribution in [0.5, 0.6) is 5.75 Å². The highest BCUT2D eigenvalue weighted by Crippen LogP contribution is 2.33. The van der Waals surface area contributed by atoms with E-state index in [1.165, 1.54) is 5.56 Å². The first-order chi connectivity index (χ1) is 11.7. The van der Waals surface area contributed by atoms with Crippen LogP contribution in [0.25, 0.3) is 0 Å². The summed E-state index contributed by atoms with van der Waals surface area (Å²) in [6, 6.07) is 15.9. The molecule has 2 aromatic carbocycles. The van der Waals surface area contributed by atoms with E-state index in [2.05, 4.69) is 19.1 Å². The number of benzene rings is 2. The fourth-order valence-electron chi connectivity index (χ4n) is 2.60. The number of hydrogen-bond donors (Lipinski definition) is 0. The SMILES string of the molecule is CCOC(=O)C1OCCc2c(OC)cccc21.Cc1ccccc1. The molecule has 0 fully saturated rings. The predicted octanol–water partition coefficient (Wildman–Crippen LogP) is 3.87. The zero-order valence-corrected chi connectivity index (χ0v) is 14.5. The molecule has 0 bridgehead atoms. The molecule has 1 atom stereocenters. The molecule has 4 nitrogen and oxygen atoms in total. The van der Waals surface area contributed by atoms with Gasteiger partial charge in [-0.3, -0.25) is 0 Å². The average Bonchev–Trinajstić information content (AvgIpc) is 2.62. The van der Waals surface area contributed by atoms with Gasteiger partial charge in [-0.05, 0) is 31.9 Å². The van der Waals surface area contributed by atoms with Crippen LogP contribution >= 0.6 is 0 Å². The van der Waals surface area contributed by atoms with Crippen molar-refractivity contribution in [2.75, 3.05) is 20.3 Å². The molecule has 0 amide bonds. The predicted molar refractivity (Wildman–Crippen MR) is 93.2 cm³/mol. The normalized spacial score (nSPS) is 15.5. The van der Waals surface area contributed by atoms with Gasteiger partial charge in [-0.25, -0.2) is 4.79 Å². The molecule has 0 saturated carbocycles. The van der Waals surface area contributed by atoms with Crippen LogP contribution in [-0.4, -0.2) is 26.3 Å². The van der Waals surface area contributed by atoms with E-state index in [0.29, 0.717) is 13.2 Å². The lowest BCUT2D eigenvalue weighted by Gasteiger charge is -2.25. The number of carbonyl (C=O) groups excluding carboxylic acids is 1. The van der Waals surface area contributed by atoms with Gasteiger partial charge < -0.3 is 14.2 Å².